The van der Waals surface area contributed by atoms with E-state index in [1.54, 1.807) is 30.3 Å². The molecule has 0 atom stereocenters. The molecule has 2 aromatic carbocycles. The van der Waals surface area contributed by atoms with Gasteiger partial charge in [0.15, 0.2) is 10.8 Å². The monoisotopic (exact) mass is 403 g/mol. The number of halogens is 1. The minimum Gasteiger partial charge on any atom is -0.368 e. The molecule has 142 valence electrons. The largest absolute Gasteiger partial charge is 0.368 e. The van der Waals surface area contributed by atoms with Gasteiger partial charge in [0.1, 0.15) is 0 Å². The number of sulfone groups is 1. The smallest absolute Gasteiger partial charge is 0.203 e. The second-order valence-electron chi connectivity index (χ2n) is 6.86. The fourth-order valence-corrected chi connectivity index (χ4v) is 4.21. The Labute approximate surface area is 164 Å². The lowest BCUT2D eigenvalue weighted by molar-refractivity contribution is 0.590. The first-order valence-corrected chi connectivity index (χ1v) is 10.9. The molecular weight excluding hydrogens is 382 g/mol. The van der Waals surface area contributed by atoms with E-state index in [1.165, 1.54) is 0 Å². The lowest BCUT2D eigenvalue weighted by Gasteiger charge is -2.13. The van der Waals surface area contributed by atoms with E-state index in [2.05, 4.69) is 29.1 Å². The molecule has 0 amide bonds. The normalized spacial score (nSPS) is 11.9. The Hall–Kier alpha value is -2.18. The van der Waals surface area contributed by atoms with Gasteiger partial charge in [0.2, 0.25) is 9.84 Å². The molecule has 0 aliphatic carbocycles. The van der Waals surface area contributed by atoms with Crippen molar-refractivity contribution in [3.05, 3.63) is 59.1 Å². The summed E-state index contributed by atoms with van der Waals surface area (Å²) in [6.45, 7) is 4.87. The number of nitrogens with zero attached hydrogens (tertiary/aromatic N) is 2. The molecule has 0 radical (unpaired) electrons. The van der Waals surface area contributed by atoms with Crippen LogP contribution in [0.3, 0.4) is 0 Å². The highest BCUT2D eigenvalue weighted by atomic mass is 35.5. The molecular formula is C20H22ClN3O2S. The number of aromatic nitrogens is 2. The molecule has 0 spiro atoms. The molecule has 0 aliphatic heterocycles. The number of benzene rings is 2. The number of para-hydroxylation sites is 2. The molecule has 3 rings (SSSR count). The van der Waals surface area contributed by atoms with E-state index in [0.29, 0.717) is 39.9 Å². The van der Waals surface area contributed by atoms with Crippen LogP contribution in [0, 0.1) is 5.92 Å². The summed E-state index contributed by atoms with van der Waals surface area (Å²) in [5.41, 5.74) is 1.87. The van der Waals surface area contributed by atoms with E-state index in [4.69, 9.17) is 11.6 Å². The molecule has 1 N–H and O–H groups in total. The van der Waals surface area contributed by atoms with Crippen molar-refractivity contribution in [2.45, 2.75) is 31.0 Å². The van der Waals surface area contributed by atoms with Crippen LogP contribution in [0.4, 0.5) is 5.82 Å². The minimum absolute atomic E-state index is 0.0140. The number of hydrogen-bond acceptors (Lipinski definition) is 5. The molecule has 0 fully saturated rings. The van der Waals surface area contributed by atoms with Crippen LogP contribution in [-0.4, -0.2) is 24.9 Å². The third kappa shape index (κ3) is 4.96. The Bertz CT molecular complexity index is 1030. The molecule has 27 heavy (non-hydrogen) atoms. The number of hydrogen-bond donors (Lipinski definition) is 1. The van der Waals surface area contributed by atoms with Crippen molar-refractivity contribution in [2.24, 2.45) is 5.92 Å². The first-order valence-electron chi connectivity index (χ1n) is 8.83. The summed E-state index contributed by atoms with van der Waals surface area (Å²) >= 11 is 5.89. The van der Waals surface area contributed by atoms with Gasteiger partial charge in [-0.15, -0.1) is 0 Å². The SMILES string of the molecule is CC(C)CCNc1nc2ccccc2nc1S(=O)(=O)Cc1ccc(Cl)cc1. The average molecular weight is 404 g/mol. The van der Waals surface area contributed by atoms with Crippen LogP contribution in [0.1, 0.15) is 25.8 Å². The van der Waals surface area contributed by atoms with Gasteiger partial charge in [0, 0.05) is 11.6 Å². The highest BCUT2D eigenvalue weighted by molar-refractivity contribution is 7.90. The molecule has 7 heteroatoms. The fraction of sp³-hybridized carbons (Fsp3) is 0.300. The van der Waals surface area contributed by atoms with Gasteiger partial charge in [-0.05, 0) is 42.2 Å². The van der Waals surface area contributed by atoms with Crippen LogP contribution in [0.2, 0.25) is 5.02 Å². The van der Waals surface area contributed by atoms with Crippen molar-refractivity contribution >= 4 is 38.3 Å². The zero-order valence-corrected chi connectivity index (χ0v) is 16.9. The van der Waals surface area contributed by atoms with Gasteiger partial charge in [0.25, 0.3) is 0 Å². The minimum atomic E-state index is -3.68. The van der Waals surface area contributed by atoms with E-state index < -0.39 is 9.84 Å². The molecule has 0 aliphatic rings. The second kappa shape index (κ2) is 8.23. The highest BCUT2D eigenvalue weighted by Crippen LogP contribution is 2.25. The Balaban J connectivity index is 1.99. The quantitative estimate of drug-likeness (QED) is 0.618. The van der Waals surface area contributed by atoms with E-state index >= 15 is 0 Å². The van der Waals surface area contributed by atoms with Gasteiger partial charge >= 0.3 is 0 Å². The predicted molar refractivity (Wildman–Crippen MR) is 110 cm³/mol. The summed E-state index contributed by atoms with van der Waals surface area (Å²) in [6.07, 6.45) is 0.908. The highest BCUT2D eigenvalue weighted by Gasteiger charge is 2.23. The van der Waals surface area contributed by atoms with Crippen molar-refractivity contribution < 1.29 is 8.42 Å². The van der Waals surface area contributed by atoms with E-state index in [0.717, 1.165) is 6.42 Å². The number of fused-ring (bicyclic) bond motifs is 1. The Morgan fingerprint density at radius 1 is 1.00 bits per heavy atom. The maximum atomic E-state index is 13.1. The van der Waals surface area contributed by atoms with Crippen LogP contribution in [0.5, 0.6) is 0 Å². The lowest BCUT2D eigenvalue weighted by Crippen LogP contribution is -2.15. The van der Waals surface area contributed by atoms with E-state index in [9.17, 15) is 8.42 Å². The number of anilines is 1. The average Bonchev–Trinajstić information content (AvgIpc) is 2.62. The van der Waals surface area contributed by atoms with Crippen molar-refractivity contribution in [1.82, 2.24) is 9.97 Å². The van der Waals surface area contributed by atoms with Gasteiger partial charge in [-0.25, -0.2) is 18.4 Å². The summed E-state index contributed by atoms with van der Waals surface area (Å²) < 4.78 is 26.1. The molecule has 0 bridgehead atoms. The van der Waals surface area contributed by atoms with Crippen molar-refractivity contribution in [2.75, 3.05) is 11.9 Å². The number of rotatable bonds is 7. The third-order valence-corrected chi connectivity index (χ3v) is 5.96. The molecule has 0 saturated carbocycles. The van der Waals surface area contributed by atoms with Gasteiger partial charge in [-0.3, -0.25) is 0 Å². The van der Waals surface area contributed by atoms with Crippen molar-refractivity contribution in [1.29, 1.82) is 0 Å². The van der Waals surface area contributed by atoms with Crippen molar-refractivity contribution in [3.8, 4) is 0 Å². The molecule has 0 unspecified atom stereocenters. The molecule has 0 saturated heterocycles. The van der Waals surface area contributed by atoms with Crippen LogP contribution < -0.4 is 5.32 Å². The lowest BCUT2D eigenvalue weighted by atomic mass is 10.1. The predicted octanol–water partition coefficient (Wildman–Crippen LogP) is 4.72. The van der Waals surface area contributed by atoms with Gasteiger partial charge < -0.3 is 5.32 Å². The maximum Gasteiger partial charge on any atom is 0.203 e. The van der Waals surface area contributed by atoms with Gasteiger partial charge in [0.05, 0.1) is 16.8 Å². The summed E-state index contributed by atoms with van der Waals surface area (Å²) in [5, 5.41) is 3.72. The van der Waals surface area contributed by atoms with Crippen LogP contribution >= 0.6 is 11.6 Å². The van der Waals surface area contributed by atoms with Crippen LogP contribution in [0.25, 0.3) is 11.0 Å². The Morgan fingerprint density at radius 2 is 1.63 bits per heavy atom. The van der Waals surface area contributed by atoms with E-state index in [-0.39, 0.29) is 10.8 Å². The molecule has 1 heterocycles. The van der Waals surface area contributed by atoms with Gasteiger partial charge in [-0.2, -0.15) is 0 Å². The number of nitrogens with one attached hydrogen (secondary N) is 1. The molecule has 5 nitrogen and oxygen atoms in total. The molecule has 1 aromatic heterocycles. The second-order valence-corrected chi connectivity index (χ2v) is 9.20. The van der Waals surface area contributed by atoms with Gasteiger partial charge in [-0.1, -0.05) is 49.7 Å². The maximum absolute atomic E-state index is 13.1. The first-order chi connectivity index (χ1) is 12.8. The van der Waals surface area contributed by atoms with Crippen molar-refractivity contribution in [3.63, 3.8) is 0 Å². The molecule has 3 aromatic rings. The standard InChI is InChI=1S/C20H22ClN3O2S/c1-14(2)11-12-22-19-20(24-18-6-4-3-5-17(18)23-19)27(25,26)13-15-7-9-16(21)10-8-15/h3-10,14H,11-13H2,1-2H3,(H,22,23). The topological polar surface area (TPSA) is 72.0 Å². The first kappa shape index (κ1) is 19.6. The van der Waals surface area contributed by atoms with Crippen LogP contribution in [0.15, 0.2) is 53.6 Å². The Kier molecular flexibility index (Phi) is 5.97. The van der Waals surface area contributed by atoms with E-state index in [1.807, 2.05) is 18.2 Å². The zero-order valence-electron chi connectivity index (χ0n) is 15.3. The fourth-order valence-electron chi connectivity index (χ4n) is 2.66. The third-order valence-electron chi connectivity index (χ3n) is 4.12. The Morgan fingerprint density at radius 3 is 2.26 bits per heavy atom. The summed E-state index contributed by atoms with van der Waals surface area (Å²) in [7, 11) is -3.68. The summed E-state index contributed by atoms with van der Waals surface area (Å²) in [4.78, 5) is 8.94. The summed E-state index contributed by atoms with van der Waals surface area (Å²) in [6, 6.07) is 14.0. The van der Waals surface area contributed by atoms with Crippen LogP contribution in [-0.2, 0) is 15.6 Å². The zero-order chi connectivity index (χ0) is 19.4. The summed E-state index contributed by atoms with van der Waals surface area (Å²) in [5.74, 6) is 0.652.